The van der Waals surface area contributed by atoms with Gasteiger partial charge in [0.05, 0.1) is 6.61 Å². The van der Waals surface area contributed by atoms with Gasteiger partial charge in [0.25, 0.3) is 0 Å². The molecule has 1 aliphatic rings. The molecule has 2 aromatic rings. The van der Waals surface area contributed by atoms with Crippen molar-refractivity contribution in [3.05, 3.63) is 65.7 Å². The van der Waals surface area contributed by atoms with Gasteiger partial charge in [-0.05, 0) is 38.5 Å². The van der Waals surface area contributed by atoms with Crippen molar-refractivity contribution in [2.75, 3.05) is 6.61 Å². The minimum absolute atomic E-state index is 0.337. The fourth-order valence-electron chi connectivity index (χ4n) is 2.41. The number of carbonyl (C=O) groups is 1. The zero-order valence-electron chi connectivity index (χ0n) is 14.2. The standard InChI is InChI=1S/C20H22O4/c1-19(2,3)24-18(21)20(14-23-20)16-10-7-11-17(12-16)22-13-15-8-5-4-6-9-15/h4-12H,13-14H2,1-3H3. The molecule has 1 fully saturated rings. The fourth-order valence-corrected chi connectivity index (χ4v) is 2.41. The van der Waals surface area contributed by atoms with Gasteiger partial charge in [0.1, 0.15) is 18.0 Å². The Kier molecular flexibility index (Phi) is 4.33. The monoisotopic (exact) mass is 326 g/mol. The predicted molar refractivity (Wildman–Crippen MR) is 90.7 cm³/mol. The normalized spacial score (nSPS) is 19.6. The second-order valence-corrected chi connectivity index (χ2v) is 6.92. The molecule has 0 bridgehead atoms. The van der Waals surface area contributed by atoms with Gasteiger partial charge in [-0.15, -0.1) is 0 Å². The van der Waals surface area contributed by atoms with Crippen LogP contribution in [0.1, 0.15) is 31.9 Å². The molecule has 126 valence electrons. The van der Waals surface area contributed by atoms with Crippen molar-refractivity contribution >= 4 is 5.97 Å². The van der Waals surface area contributed by atoms with E-state index in [1.807, 2.05) is 75.4 Å². The number of rotatable bonds is 5. The van der Waals surface area contributed by atoms with E-state index in [4.69, 9.17) is 14.2 Å². The molecule has 2 aromatic carbocycles. The van der Waals surface area contributed by atoms with E-state index < -0.39 is 11.2 Å². The molecule has 0 amide bonds. The van der Waals surface area contributed by atoms with Gasteiger partial charge in [-0.1, -0.05) is 42.5 Å². The van der Waals surface area contributed by atoms with Crippen molar-refractivity contribution in [2.24, 2.45) is 0 Å². The second kappa shape index (κ2) is 6.29. The second-order valence-electron chi connectivity index (χ2n) is 6.92. The van der Waals surface area contributed by atoms with Crippen molar-refractivity contribution in [3.63, 3.8) is 0 Å². The SMILES string of the molecule is CC(C)(C)OC(=O)C1(c2cccc(OCc3ccccc3)c2)CO1. The maximum Gasteiger partial charge on any atom is 0.346 e. The van der Waals surface area contributed by atoms with E-state index in [9.17, 15) is 4.79 Å². The number of hydrogen-bond donors (Lipinski definition) is 0. The van der Waals surface area contributed by atoms with Crippen LogP contribution in [0.5, 0.6) is 5.75 Å². The van der Waals surface area contributed by atoms with Crippen LogP contribution in [0.4, 0.5) is 0 Å². The molecule has 4 heteroatoms. The van der Waals surface area contributed by atoms with Gasteiger partial charge in [0.15, 0.2) is 0 Å². The smallest absolute Gasteiger partial charge is 0.346 e. The van der Waals surface area contributed by atoms with Crippen LogP contribution in [-0.4, -0.2) is 18.2 Å². The predicted octanol–water partition coefficient (Wildman–Crippen LogP) is 3.83. The molecule has 1 heterocycles. The van der Waals surface area contributed by atoms with Crippen molar-refractivity contribution in [1.82, 2.24) is 0 Å². The Morgan fingerprint density at radius 3 is 2.46 bits per heavy atom. The number of esters is 1. The lowest BCUT2D eigenvalue weighted by atomic mass is 9.99. The molecule has 0 aliphatic carbocycles. The number of carbonyl (C=O) groups excluding carboxylic acids is 1. The first-order valence-electron chi connectivity index (χ1n) is 8.04. The van der Waals surface area contributed by atoms with E-state index in [1.54, 1.807) is 0 Å². The zero-order chi connectivity index (χ0) is 17.2. The van der Waals surface area contributed by atoms with Gasteiger partial charge in [0.2, 0.25) is 5.60 Å². The van der Waals surface area contributed by atoms with Gasteiger partial charge < -0.3 is 14.2 Å². The number of benzene rings is 2. The largest absolute Gasteiger partial charge is 0.489 e. The summed E-state index contributed by atoms with van der Waals surface area (Å²) in [7, 11) is 0. The Bertz CT molecular complexity index is 712. The number of epoxide rings is 1. The lowest BCUT2D eigenvalue weighted by Crippen LogP contribution is -2.32. The Labute approximate surface area is 142 Å². The maximum atomic E-state index is 12.4. The van der Waals surface area contributed by atoms with E-state index in [1.165, 1.54) is 0 Å². The van der Waals surface area contributed by atoms with Crippen LogP contribution in [0.2, 0.25) is 0 Å². The van der Waals surface area contributed by atoms with Crippen molar-refractivity contribution in [3.8, 4) is 5.75 Å². The molecule has 24 heavy (non-hydrogen) atoms. The van der Waals surface area contributed by atoms with E-state index in [0.717, 1.165) is 11.1 Å². The first-order valence-corrected chi connectivity index (χ1v) is 8.04. The Hall–Kier alpha value is -2.33. The number of ether oxygens (including phenoxy) is 3. The molecule has 0 radical (unpaired) electrons. The third-order valence-electron chi connectivity index (χ3n) is 3.71. The molecule has 1 saturated heterocycles. The lowest BCUT2D eigenvalue weighted by molar-refractivity contribution is -0.161. The van der Waals surface area contributed by atoms with E-state index in [-0.39, 0.29) is 5.97 Å². The molecule has 3 rings (SSSR count). The molecule has 0 spiro atoms. The van der Waals surface area contributed by atoms with Gasteiger partial charge in [0, 0.05) is 5.56 Å². The summed E-state index contributed by atoms with van der Waals surface area (Å²) < 4.78 is 16.8. The molecular weight excluding hydrogens is 304 g/mol. The van der Waals surface area contributed by atoms with Crippen LogP contribution in [0.15, 0.2) is 54.6 Å². The highest BCUT2D eigenvalue weighted by molar-refractivity contribution is 5.84. The quantitative estimate of drug-likeness (QED) is 0.619. The first-order chi connectivity index (χ1) is 11.4. The Balaban J connectivity index is 1.72. The molecular formula is C20H22O4. The summed E-state index contributed by atoms with van der Waals surface area (Å²) in [4.78, 5) is 12.4. The number of hydrogen-bond acceptors (Lipinski definition) is 4. The van der Waals surface area contributed by atoms with E-state index in [2.05, 4.69) is 0 Å². The van der Waals surface area contributed by atoms with Crippen molar-refractivity contribution in [1.29, 1.82) is 0 Å². The van der Waals surface area contributed by atoms with Crippen molar-refractivity contribution < 1.29 is 19.0 Å². The molecule has 1 aliphatic heterocycles. The maximum absolute atomic E-state index is 12.4. The molecule has 0 saturated carbocycles. The van der Waals surface area contributed by atoms with Crippen molar-refractivity contribution in [2.45, 2.75) is 38.6 Å². The van der Waals surface area contributed by atoms with Gasteiger partial charge in [-0.25, -0.2) is 4.79 Å². The third-order valence-corrected chi connectivity index (χ3v) is 3.71. The average molecular weight is 326 g/mol. The Morgan fingerprint density at radius 2 is 1.83 bits per heavy atom. The third kappa shape index (κ3) is 3.77. The molecule has 4 nitrogen and oxygen atoms in total. The van der Waals surface area contributed by atoms with Crippen LogP contribution in [0.25, 0.3) is 0 Å². The summed E-state index contributed by atoms with van der Waals surface area (Å²) in [5.74, 6) is 0.352. The highest BCUT2D eigenvalue weighted by atomic mass is 16.6. The highest BCUT2D eigenvalue weighted by Gasteiger charge is 2.56. The molecule has 1 unspecified atom stereocenters. The highest BCUT2D eigenvalue weighted by Crippen LogP contribution is 2.42. The molecule has 0 N–H and O–H groups in total. The molecule has 1 atom stereocenters. The fraction of sp³-hybridized carbons (Fsp3) is 0.350. The van der Waals surface area contributed by atoms with E-state index >= 15 is 0 Å². The van der Waals surface area contributed by atoms with Crippen LogP contribution < -0.4 is 4.74 Å². The minimum atomic E-state index is -0.987. The summed E-state index contributed by atoms with van der Waals surface area (Å²) in [6, 6.07) is 17.4. The van der Waals surface area contributed by atoms with Gasteiger partial charge in [-0.2, -0.15) is 0 Å². The van der Waals surface area contributed by atoms with Gasteiger partial charge in [-0.3, -0.25) is 0 Å². The van der Waals surface area contributed by atoms with Gasteiger partial charge >= 0.3 is 5.97 Å². The van der Waals surface area contributed by atoms with E-state index in [0.29, 0.717) is 19.0 Å². The Morgan fingerprint density at radius 1 is 1.12 bits per heavy atom. The summed E-state index contributed by atoms with van der Waals surface area (Å²) in [6.07, 6.45) is 0. The molecule has 0 aromatic heterocycles. The van der Waals surface area contributed by atoms with Crippen LogP contribution in [-0.2, 0) is 26.5 Å². The van der Waals surface area contributed by atoms with Crippen LogP contribution in [0, 0.1) is 0 Å². The first kappa shape index (κ1) is 16.5. The summed E-state index contributed by atoms with van der Waals surface area (Å²) >= 11 is 0. The minimum Gasteiger partial charge on any atom is -0.489 e. The summed E-state index contributed by atoms with van der Waals surface area (Å²) in [5.41, 5.74) is 0.325. The van der Waals surface area contributed by atoms with Crippen LogP contribution >= 0.6 is 0 Å². The average Bonchev–Trinajstić information content (AvgIpc) is 3.35. The lowest BCUT2D eigenvalue weighted by Gasteiger charge is -2.22. The summed E-state index contributed by atoms with van der Waals surface area (Å²) in [5, 5.41) is 0. The summed E-state index contributed by atoms with van der Waals surface area (Å²) in [6.45, 7) is 6.36. The van der Waals surface area contributed by atoms with Crippen LogP contribution in [0.3, 0.4) is 0 Å². The zero-order valence-corrected chi connectivity index (χ0v) is 14.2. The topological polar surface area (TPSA) is 48.1 Å².